The van der Waals surface area contributed by atoms with E-state index in [9.17, 15) is 9.59 Å². The summed E-state index contributed by atoms with van der Waals surface area (Å²) in [4.78, 5) is 29.4. The molecule has 2 unspecified atom stereocenters. The molecule has 1 amide bonds. The predicted molar refractivity (Wildman–Crippen MR) is 109 cm³/mol. The third-order valence-electron chi connectivity index (χ3n) is 4.54. The van der Waals surface area contributed by atoms with Crippen LogP contribution in [0.4, 0.5) is 5.69 Å². The van der Waals surface area contributed by atoms with Crippen molar-refractivity contribution < 1.29 is 4.79 Å². The summed E-state index contributed by atoms with van der Waals surface area (Å²) < 4.78 is 0. The van der Waals surface area contributed by atoms with Crippen molar-refractivity contribution in [2.75, 3.05) is 5.32 Å². The van der Waals surface area contributed by atoms with Crippen LogP contribution in [0.5, 0.6) is 0 Å². The Morgan fingerprint density at radius 1 is 1.00 bits per heavy atom. The van der Waals surface area contributed by atoms with Crippen LogP contribution in [0.15, 0.2) is 53.3 Å². The van der Waals surface area contributed by atoms with Crippen LogP contribution in [0.25, 0.3) is 11.0 Å². The van der Waals surface area contributed by atoms with Gasteiger partial charge in [0.05, 0.1) is 17.1 Å². The lowest BCUT2D eigenvalue weighted by Crippen LogP contribution is -2.40. The lowest BCUT2D eigenvalue weighted by Gasteiger charge is -2.25. The highest BCUT2D eigenvalue weighted by atomic mass is 16.2. The van der Waals surface area contributed by atoms with E-state index < -0.39 is 0 Å². The summed E-state index contributed by atoms with van der Waals surface area (Å²) in [5, 5.41) is 6.37. The standard InChI is InChI=1S/C21H26N4O2/c1-13(2)11-18(15-7-5-4-6-8-15)22-14(3)20(26)23-16-9-10-17-19(12-16)25-21(27)24-17/h4-10,12-14,18,22H,11H2,1-3H3,(H,23,26)(H2,24,25,27). The van der Waals surface area contributed by atoms with E-state index in [1.54, 1.807) is 18.2 Å². The van der Waals surface area contributed by atoms with Crippen molar-refractivity contribution in [1.29, 1.82) is 0 Å². The predicted octanol–water partition coefficient (Wildman–Crippen LogP) is 3.56. The lowest BCUT2D eigenvalue weighted by molar-refractivity contribution is -0.118. The summed E-state index contributed by atoms with van der Waals surface area (Å²) in [7, 11) is 0. The van der Waals surface area contributed by atoms with Gasteiger partial charge in [-0.25, -0.2) is 4.79 Å². The zero-order valence-corrected chi connectivity index (χ0v) is 15.9. The molecule has 0 spiro atoms. The molecule has 6 heteroatoms. The van der Waals surface area contributed by atoms with E-state index in [0.29, 0.717) is 22.6 Å². The maximum absolute atomic E-state index is 12.7. The summed E-state index contributed by atoms with van der Waals surface area (Å²) in [5.41, 5.74) is 2.95. The first-order chi connectivity index (χ1) is 12.9. The van der Waals surface area contributed by atoms with Gasteiger partial charge in [-0.2, -0.15) is 0 Å². The van der Waals surface area contributed by atoms with Crippen LogP contribution in [0.3, 0.4) is 0 Å². The van der Waals surface area contributed by atoms with Crippen molar-refractivity contribution in [2.45, 2.75) is 39.3 Å². The second-order valence-electron chi connectivity index (χ2n) is 7.31. The zero-order chi connectivity index (χ0) is 19.4. The number of nitrogens with one attached hydrogen (secondary N) is 4. The molecule has 0 fully saturated rings. The summed E-state index contributed by atoms with van der Waals surface area (Å²) in [6.07, 6.45) is 0.943. The third kappa shape index (κ3) is 4.86. The third-order valence-corrected chi connectivity index (χ3v) is 4.54. The summed E-state index contributed by atoms with van der Waals surface area (Å²) in [6, 6.07) is 15.2. The zero-order valence-electron chi connectivity index (χ0n) is 15.9. The molecule has 1 heterocycles. The molecule has 0 saturated carbocycles. The van der Waals surface area contributed by atoms with Crippen molar-refractivity contribution in [3.63, 3.8) is 0 Å². The van der Waals surface area contributed by atoms with E-state index >= 15 is 0 Å². The van der Waals surface area contributed by atoms with Gasteiger partial charge in [0, 0.05) is 11.7 Å². The van der Waals surface area contributed by atoms with Crippen LogP contribution in [0.1, 0.15) is 38.8 Å². The summed E-state index contributed by atoms with van der Waals surface area (Å²) in [5.74, 6) is 0.391. The maximum atomic E-state index is 12.7. The number of fused-ring (bicyclic) bond motifs is 1. The van der Waals surface area contributed by atoms with E-state index in [1.165, 1.54) is 5.56 Å². The number of rotatable bonds is 7. The van der Waals surface area contributed by atoms with E-state index in [2.05, 4.69) is 46.6 Å². The molecule has 1 aromatic heterocycles. The molecule has 6 nitrogen and oxygen atoms in total. The van der Waals surface area contributed by atoms with Crippen LogP contribution in [0, 0.1) is 5.92 Å². The number of imidazole rings is 1. The molecule has 3 rings (SSSR count). The second kappa shape index (κ2) is 8.22. The van der Waals surface area contributed by atoms with Crippen molar-refractivity contribution in [1.82, 2.24) is 15.3 Å². The second-order valence-corrected chi connectivity index (χ2v) is 7.31. The molecule has 3 aromatic rings. The van der Waals surface area contributed by atoms with Crippen LogP contribution < -0.4 is 16.3 Å². The highest BCUT2D eigenvalue weighted by Crippen LogP contribution is 2.22. The molecular formula is C21H26N4O2. The Kier molecular flexibility index (Phi) is 5.76. The van der Waals surface area contributed by atoms with Crippen LogP contribution in [-0.4, -0.2) is 21.9 Å². The topological polar surface area (TPSA) is 89.8 Å². The minimum absolute atomic E-state index is 0.107. The molecule has 0 aliphatic rings. The first-order valence-corrected chi connectivity index (χ1v) is 9.26. The van der Waals surface area contributed by atoms with Gasteiger partial charge in [0.1, 0.15) is 0 Å². The van der Waals surface area contributed by atoms with Gasteiger partial charge in [-0.1, -0.05) is 44.2 Å². The Morgan fingerprint density at radius 3 is 2.41 bits per heavy atom. The smallest absolute Gasteiger partial charge is 0.323 e. The van der Waals surface area contributed by atoms with Gasteiger partial charge >= 0.3 is 5.69 Å². The highest BCUT2D eigenvalue weighted by molar-refractivity contribution is 5.96. The van der Waals surface area contributed by atoms with Gasteiger partial charge < -0.3 is 15.3 Å². The van der Waals surface area contributed by atoms with E-state index in [4.69, 9.17) is 0 Å². The summed E-state index contributed by atoms with van der Waals surface area (Å²) >= 11 is 0. The fourth-order valence-corrected chi connectivity index (χ4v) is 3.20. The monoisotopic (exact) mass is 366 g/mol. The number of carbonyl (C=O) groups excluding carboxylic acids is 1. The van der Waals surface area contributed by atoms with Crippen LogP contribution in [-0.2, 0) is 4.79 Å². The van der Waals surface area contributed by atoms with E-state index in [0.717, 1.165) is 6.42 Å². The molecule has 142 valence electrons. The van der Waals surface area contributed by atoms with Crippen LogP contribution in [0.2, 0.25) is 0 Å². The number of benzene rings is 2. The van der Waals surface area contributed by atoms with Crippen molar-refractivity contribution >= 4 is 22.6 Å². The molecule has 0 aliphatic heterocycles. The van der Waals surface area contributed by atoms with Gasteiger partial charge in [-0.05, 0) is 43.0 Å². The molecular weight excluding hydrogens is 340 g/mol. The minimum Gasteiger partial charge on any atom is -0.325 e. The van der Waals surface area contributed by atoms with Crippen molar-refractivity contribution in [3.8, 4) is 0 Å². The number of hydrogen-bond acceptors (Lipinski definition) is 3. The number of hydrogen-bond donors (Lipinski definition) is 4. The molecule has 0 bridgehead atoms. The highest BCUT2D eigenvalue weighted by Gasteiger charge is 2.20. The van der Waals surface area contributed by atoms with Gasteiger partial charge in [-0.15, -0.1) is 0 Å². The SMILES string of the molecule is CC(C)CC(NC(C)C(=O)Nc1ccc2[nH]c(=O)[nH]c2c1)c1ccccc1. The number of aromatic amines is 2. The van der Waals surface area contributed by atoms with Gasteiger partial charge in [-0.3, -0.25) is 10.1 Å². The maximum Gasteiger partial charge on any atom is 0.323 e. The number of aromatic nitrogens is 2. The molecule has 4 N–H and O–H groups in total. The van der Waals surface area contributed by atoms with E-state index in [1.807, 2.05) is 25.1 Å². The average Bonchev–Trinajstić information content (AvgIpc) is 3.00. The Morgan fingerprint density at radius 2 is 1.70 bits per heavy atom. The number of amides is 1. The number of carbonyl (C=O) groups is 1. The number of H-pyrrole nitrogens is 2. The van der Waals surface area contributed by atoms with Gasteiger partial charge in [0.15, 0.2) is 0 Å². The van der Waals surface area contributed by atoms with Crippen molar-refractivity contribution in [2.24, 2.45) is 5.92 Å². The normalized spacial score (nSPS) is 13.6. The summed E-state index contributed by atoms with van der Waals surface area (Å²) in [6.45, 7) is 6.22. The van der Waals surface area contributed by atoms with Crippen molar-refractivity contribution in [3.05, 3.63) is 64.6 Å². The number of anilines is 1. The van der Waals surface area contributed by atoms with E-state index in [-0.39, 0.29) is 23.7 Å². The molecule has 27 heavy (non-hydrogen) atoms. The molecule has 0 aliphatic carbocycles. The average molecular weight is 366 g/mol. The molecule has 2 atom stereocenters. The Bertz CT molecular complexity index is 959. The molecule has 2 aromatic carbocycles. The fraction of sp³-hybridized carbons (Fsp3) is 0.333. The largest absolute Gasteiger partial charge is 0.325 e. The first-order valence-electron chi connectivity index (χ1n) is 9.26. The Balaban J connectivity index is 1.69. The lowest BCUT2D eigenvalue weighted by atomic mass is 9.96. The minimum atomic E-state index is -0.366. The molecule has 0 saturated heterocycles. The molecule has 0 radical (unpaired) electrons. The Labute approximate surface area is 158 Å². The quantitative estimate of drug-likeness (QED) is 0.515. The fourth-order valence-electron chi connectivity index (χ4n) is 3.20. The Hall–Kier alpha value is -2.86. The van der Waals surface area contributed by atoms with Gasteiger partial charge in [0.2, 0.25) is 5.91 Å². The van der Waals surface area contributed by atoms with Crippen LogP contribution >= 0.6 is 0 Å². The first kappa shape index (κ1) is 18.9. The van der Waals surface area contributed by atoms with Gasteiger partial charge in [0.25, 0.3) is 0 Å².